The van der Waals surface area contributed by atoms with Crippen LogP contribution in [0.1, 0.15) is 40.5 Å². The van der Waals surface area contributed by atoms with Gasteiger partial charge in [-0.25, -0.2) is 0 Å². The van der Waals surface area contributed by atoms with Crippen molar-refractivity contribution in [1.29, 1.82) is 0 Å². The van der Waals surface area contributed by atoms with E-state index in [0.717, 1.165) is 6.92 Å². The van der Waals surface area contributed by atoms with E-state index >= 15 is 0 Å². The molecule has 1 saturated heterocycles. The highest BCUT2D eigenvalue weighted by Gasteiger charge is 2.35. The van der Waals surface area contributed by atoms with Gasteiger partial charge in [0.05, 0.1) is 12.1 Å². The summed E-state index contributed by atoms with van der Waals surface area (Å²) < 4.78 is 5.20. The van der Waals surface area contributed by atoms with E-state index < -0.39 is 34.5 Å². The number of nitrogens with one attached hydrogen (secondary N) is 2. The molecular weight excluding hydrogens is 276 g/mol. The summed E-state index contributed by atoms with van der Waals surface area (Å²) in [6.45, 7) is 7.04. The molecule has 1 atom stereocenters. The van der Waals surface area contributed by atoms with Crippen molar-refractivity contribution in [3.8, 4) is 0 Å². The highest BCUT2D eigenvalue weighted by atomic mass is 16.5. The van der Waals surface area contributed by atoms with Gasteiger partial charge in [-0.2, -0.15) is 0 Å². The Morgan fingerprint density at radius 1 is 1.19 bits per heavy atom. The summed E-state index contributed by atoms with van der Waals surface area (Å²) in [5.74, 6) is -2.76. The molecule has 0 saturated carbocycles. The van der Waals surface area contributed by atoms with E-state index in [2.05, 4.69) is 10.6 Å². The largest absolute Gasteiger partial charge is 0.379 e. The fraction of sp³-hybridized carbons (Fsp3) is 0.714. The molecular formula is C14H22N2O5. The molecule has 0 aromatic carbocycles. The fourth-order valence-corrected chi connectivity index (χ4v) is 2.03. The number of amides is 2. The van der Waals surface area contributed by atoms with Crippen molar-refractivity contribution >= 4 is 23.4 Å². The molecule has 1 heterocycles. The average Bonchev–Trinajstić information content (AvgIpc) is 2.74. The van der Waals surface area contributed by atoms with Gasteiger partial charge in [0.25, 0.3) is 11.8 Å². The second kappa shape index (κ2) is 6.34. The normalized spacial score (nSPS) is 21.7. The monoisotopic (exact) mass is 298 g/mol. The third-order valence-electron chi connectivity index (χ3n) is 3.26. The average molecular weight is 298 g/mol. The van der Waals surface area contributed by atoms with Gasteiger partial charge in [-0.15, -0.1) is 0 Å². The van der Waals surface area contributed by atoms with Crippen LogP contribution in [0.2, 0.25) is 0 Å². The Balaban J connectivity index is 2.56. The van der Waals surface area contributed by atoms with E-state index in [0.29, 0.717) is 19.6 Å². The summed E-state index contributed by atoms with van der Waals surface area (Å²) in [6, 6.07) is 0. The number of hydrogen-bond donors (Lipinski definition) is 2. The lowest BCUT2D eigenvalue weighted by molar-refractivity contribution is -0.141. The van der Waals surface area contributed by atoms with Gasteiger partial charge in [0.1, 0.15) is 0 Å². The Kier molecular flexibility index (Phi) is 5.22. The van der Waals surface area contributed by atoms with Crippen molar-refractivity contribution in [3.05, 3.63) is 0 Å². The van der Waals surface area contributed by atoms with Gasteiger partial charge >= 0.3 is 0 Å². The SMILES string of the molecule is CC(=O)C(=O)NC(C)(C)CC(=O)C(=O)NC1(C)CCOC1. The maximum atomic E-state index is 12.0. The number of carbonyl (C=O) groups is 4. The molecule has 1 unspecified atom stereocenters. The Morgan fingerprint density at radius 2 is 1.81 bits per heavy atom. The zero-order valence-corrected chi connectivity index (χ0v) is 12.9. The smallest absolute Gasteiger partial charge is 0.287 e. The van der Waals surface area contributed by atoms with Crippen molar-refractivity contribution in [2.24, 2.45) is 0 Å². The van der Waals surface area contributed by atoms with Crippen LogP contribution in [-0.4, -0.2) is 47.7 Å². The summed E-state index contributed by atoms with van der Waals surface area (Å²) in [4.78, 5) is 46.1. The minimum atomic E-state index is -0.968. The molecule has 1 aliphatic heterocycles. The van der Waals surface area contributed by atoms with Crippen LogP contribution in [0.25, 0.3) is 0 Å². The first-order chi connectivity index (χ1) is 9.55. The lowest BCUT2D eigenvalue weighted by Gasteiger charge is -2.26. The van der Waals surface area contributed by atoms with Gasteiger partial charge in [-0.3, -0.25) is 19.2 Å². The predicted molar refractivity (Wildman–Crippen MR) is 74.5 cm³/mol. The summed E-state index contributed by atoms with van der Waals surface area (Å²) in [5.41, 5.74) is -1.50. The van der Waals surface area contributed by atoms with E-state index in [1.54, 1.807) is 13.8 Å². The third kappa shape index (κ3) is 5.26. The van der Waals surface area contributed by atoms with Gasteiger partial charge in [0.15, 0.2) is 0 Å². The van der Waals surface area contributed by atoms with E-state index in [4.69, 9.17) is 4.74 Å². The fourth-order valence-electron chi connectivity index (χ4n) is 2.03. The van der Waals surface area contributed by atoms with Crippen LogP contribution in [0.15, 0.2) is 0 Å². The van der Waals surface area contributed by atoms with Crippen molar-refractivity contribution < 1.29 is 23.9 Å². The quantitative estimate of drug-likeness (QED) is 0.657. The zero-order chi connectivity index (χ0) is 16.3. The van der Waals surface area contributed by atoms with Gasteiger partial charge in [0.2, 0.25) is 11.6 Å². The number of ketones is 2. The third-order valence-corrected chi connectivity index (χ3v) is 3.26. The predicted octanol–water partition coefficient (Wildman–Crippen LogP) is -0.275. The summed E-state index contributed by atoms with van der Waals surface area (Å²) >= 11 is 0. The number of ether oxygens (including phenoxy) is 1. The zero-order valence-electron chi connectivity index (χ0n) is 12.9. The van der Waals surface area contributed by atoms with Crippen molar-refractivity contribution in [1.82, 2.24) is 10.6 Å². The van der Waals surface area contributed by atoms with Crippen molar-refractivity contribution in [3.63, 3.8) is 0 Å². The van der Waals surface area contributed by atoms with Crippen LogP contribution in [0.5, 0.6) is 0 Å². The van der Waals surface area contributed by atoms with Crippen LogP contribution in [0, 0.1) is 0 Å². The topological polar surface area (TPSA) is 102 Å². The molecule has 1 rings (SSSR count). The molecule has 0 aliphatic carbocycles. The molecule has 0 aromatic rings. The minimum Gasteiger partial charge on any atom is -0.379 e. The standard InChI is InChI=1S/C14H22N2O5/c1-9(17)11(19)15-13(2,3)7-10(18)12(20)16-14(4)5-6-21-8-14/h5-8H2,1-4H3,(H,15,19)(H,16,20). The minimum absolute atomic E-state index is 0.186. The van der Waals surface area contributed by atoms with E-state index in [1.165, 1.54) is 0 Å². The molecule has 1 fully saturated rings. The Bertz CT molecular complexity index is 464. The molecule has 7 heteroatoms. The van der Waals surface area contributed by atoms with Crippen LogP contribution < -0.4 is 10.6 Å². The second-order valence-corrected chi connectivity index (χ2v) is 6.31. The Morgan fingerprint density at radius 3 is 2.29 bits per heavy atom. The van der Waals surface area contributed by atoms with Gasteiger partial charge in [0, 0.05) is 25.5 Å². The summed E-state index contributed by atoms with van der Waals surface area (Å²) in [7, 11) is 0. The molecule has 0 aromatic heterocycles. The van der Waals surface area contributed by atoms with Crippen molar-refractivity contribution in [2.45, 2.75) is 51.6 Å². The van der Waals surface area contributed by atoms with Crippen molar-refractivity contribution in [2.75, 3.05) is 13.2 Å². The molecule has 2 amide bonds. The first-order valence-corrected chi connectivity index (χ1v) is 6.81. The molecule has 1 aliphatic rings. The second-order valence-electron chi connectivity index (χ2n) is 6.31. The number of hydrogen-bond acceptors (Lipinski definition) is 5. The Labute approximate surface area is 123 Å². The molecule has 0 bridgehead atoms. The van der Waals surface area contributed by atoms with Gasteiger partial charge < -0.3 is 15.4 Å². The number of rotatable bonds is 6. The van der Waals surface area contributed by atoms with Crippen LogP contribution >= 0.6 is 0 Å². The highest BCUT2D eigenvalue weighted by Crippen LogP contribution is 2.18. The van der Waals surface area contributed by atoms with Gasteiger partial charge in [-0.1, -0.05) is 0 Å². The lowest BCUT2D eigenvalue weighted by Crippen LogP contribution is -2.52. The summed E-state index contributed by atoms with van der Waals surface area (Å²) in [5, 5.41) is 5.09. The molecule has 0 spiro atoms. The van der Waals surface area contributed by atoms with E-state index in [1.807, 2.05) is 6.92 Å². The van der Waals surface area contributed by atoms with Gasteiger partial charge in [-0.05, 0) is 27.2 Å². The molecule has 7 nitrogen and oxygen atoms in total. The Hall–Kier alpha value is -1.76. The summed E-state index contributed by atoms with van der Waals surface area (Å²) in [6.07, 6.45) is 0.464. The maximum Gasteiger partial charge on any atom is 0.287 e. The first-order valence-electron chi connectivity index (χ1n) is 6.81. The molecule has 21 heavy (non-hydrogen) atoms. The number of Topliss-reactive ketones (excluding diaryl/α,β-unsaturated/α-hetero) is 2. The molecule has 0 radical (unpaired) electrons. The molecule has 118 valence electrons. The first kappa shape index (κ1) is 17.3. The van der Waals surface area contributed by atoms with E-state index in [9.17, 15) is 19.2 Å². The van der Waals surface area contributed by atoms with E-state index in [-0.39, 0.29) is 6.42 Å². The highest BCUT2D eigenvalue weighted by molar-refractivity contribution is 6.37. The van der Waals surface area contributed by atoms with Crippen LogP contribution in [-0.2, 0) is 23.9 Å². The number of carbonyl (C=O) groups excluding carboxylic acids is 4. The van der Waals surface area contributed by atoms with Crippen LogP contribution in [0.4, 0.5) is 0 Å². The van der Waals surface area contributed by atoms with Crippen LogP contribution in [0.3, 0.4) is 0 Å². The lowest BCUT2D eigenvalue weighted by atomic mass is 9.95. The maximum absolute atomic E-state index is 12.0. The molecule has 2 N–H and O–H groups in total.